The van der Waals surface area contributed by atoms with Gasteiger partial charge in [0.2, 0.25) is 0 Å². The van der Waals surface area contributed by atoms with E-state index in [0.717, 1.165) is 6.54 Å². The van der Waals surface area contributed by atoms with Gasteiger partial charge in [-0.1, -0.05) is 6.92 Å². The Bertz CT molecular complexity index is 175. The van der Waals surface area contributed by atoms with Crippen molar-refractivity contribution in [2.24, 2.45) is 5.73 Å². The van der Waals surface area contributed by atoms with E-state index in [4.69, 9.17) is 15.6 Å². The molecule has 0 aliphatic carbocycles. The maximum Gasteiger partial charge on any atom is 0.321 e. The third-order valence-corrected chi connectivity index (χ3v) is 2.19. The van der Waals surface area contributed by atoms with Gasteiger partial charge >= 0.3 is 5.97 Å². The molecule has 0 aromatic heterocycles. The van der Waals surface area contributed by atoms with Crippen LogP contribution in [0.25, 0.3) is 0 Å². The topological polar surface area (TPSA) is 75.8 Å². The highest BCUT2D eigenvalue weighted by molar-refractivity contribution is 5.73. The van der Waals surface area contributed by atoms with Gasteiger partial charge in [0.15, 0.2) is 0 Å². The minimum Gasteiger partial charge on any atom is -0.480 e. The standard InChI is InChI=1S/C9H20N2O3/c1-4-11(7(2)6-14-3)5-8(10)9(12)13/h7-8H,4-6,10H2,1-3H3,(H,12,13). The first-order valence-corrected chi connectivity index (χ1v) is 4.74. The molecule has 0 saturated carbocycles. The van der Waals surface area contributed by atoms with Crippen LogP contribution < -0.4 is 5.73 Å². The van der Waals surface area contributed by atoms with E-state index in [1.54, 1.807) is 7.11 Å². The van der Waals surface area contributed by atoms with Crippen LogP contribution in [0.5, 0.6) is 0 Å². The van der Waals surface area contributed by atoms with Crippen LogP contribution in [0.4, 0.5) is 0 Å². The summed E-state index contributed by atoms with van der Waals surface area (Å²) in [6, 6.07) is -0.635. The fourth-order valence-electron chi connectivity index (χ4n) is 1.30. The molecule has 14 heavy (non-hydrogen) atoms. The molecule has 2 atom stereocenters. The van der Waals surface area contributed by atoms with Crippen molar-refractivity contribution in [3.63, 3.8) is 0 Å². The zero-order valence-corrected chi connectivity index (χ0v) is 9.06. The lowest BCUT2D eigenvalue weighted by atomic mass is 10.2. The minimum absolute atomic E-state index is 0.190. The second kappa shape index (κ2) is 6.75. The van der Waals surface area contributed by atoms with Crippen LogP contribution in [0.15, 0.2) is 0 Å². The van der Waals surface area contributed by atoms with Gasteiger partial charge in [-0.2, -0.15) is 0 Å². The monoisotopic (exact) mass is 204 g/mol. The zero-order chi connectivity index (χ0) is 11.1. The van der Waals surface area contributed by atoms with E-state index in [2.05, 4.69) is 0 Å². The fourth-order valence-corrected chi connectivity index (χ4v) is 1.30. The number of likely N-dealkylation sites (N-methyl/N-ethyl adjacent to an activating group) is 1. The van der Waals surface area contributed by atoms with Gasteiger partial charge in [0.1, 0.15) is 6.04 Å². The van der Waals surface area contributed by atoms with Crippen molar-refractivity contribution >= 4 is 5.97 Å². The van der Waals surface area contributed by atoms with Crippen LogP contribution in [-0.2, 0) is 9.53 Å². The summed E-state index contributed by atoms with van der Waals surface area (Å²) in [5, 5.41) is 8.66. The highest BCUT2D eigenvalue weighted by Crippen LogP contribution is 2.00. The van der Waals surface area contributed by atoms with E-state index in [1.165, 1.54) is 0 Å². The lowest BCUT2D eigenvalue weighted by Gasteiger charge is -2.28. The predicted molar refractivity (Wildman–Crippen MR) is 54.2 cm³/mol. The Morgan fingerprint density at radius 2 is 2.21 bits per heavy atom. The van der Waals surface area contributed by atoms with Crippen molar-refractivity contribution in [1.82, 2.24) is 4.90 Å². The smallest absolute Gasteiger partial charge is 0.321 e. The van der Waals surface area contributed by atoms with Crippen LogP contribution in [0.1, 0.15) is 13.8 Å². The van der Waals surface area contributed by atoms with Crippen LogP contribution in [0.3, 0.4) is 0 Å². The third-order valence-electron chi connectivity index (χ3n) is 2.19. The van der Waals surface area contributed by atoms with Crippen LogP contribution in [0, 0.1) is 0 Å². The quantitative estimate of drug-likeness (QED) is 0.598. The number of ether oxygens (including phenoxy) is 1. The maximum atomic E-state index is 10.5. The fraction of sp³-hybridized carbons (Fsp3) is 0.889. The molecule has 0 fully saturated rings. The van der Waals surface area contributed by atoms with E-state index in [0.29, 0.717) is 13.2 Å². The number of nitrogens with zero attached hydrogens (tertiary/aromatic N) is 1. The van der Waals surface area contributed by atoms with Crippen molar-refractivity contribution in [2.45, 2.75) is 25.9 Å². The Kier molecular flexibility index (Phi) is 6.44. The van der Waals surface area contributed by atoms with Gasteiger partial charge in [-0.3, -0.25) is 9.69 Å². The summed E-state index contributed by atoms with van der Waals surface area (Å²) in [6.45, 7) is 5.67. The summed E-state index contributed by atoms with van der Waals surface area (Å²) < 4.78 is 5.00. The number of aliphatic carboxylic acids is 1. The molecule has 0 heterocycles. The van der Waals surface area contributed by atoms with Gasteiger partial charge in [-0.05, 0) is 13.5 Å². The Morgan fingerprint density at radius 1 is 1.64 bits per heavy atom. The predicted octanol–water partition coefficient (Wildman–Crippen LogP) is -0.245. The van der Waals surface area contributed by atoms with E-state index in [9.17, 15) is 4.79 Å². The van der Waals surface area contributed by atoms with Gasteiger partial charge in [-0.15, -0.1) is 0 Å². The molecule has 84 valence electrons. The second-order valence-corrected chi connectivity index (χ2v) is 3.34. The molecule has 3 N–H and O–H groups in total. The molecule has 0 aliphatic heterocycles. The molecule has 0 radical (unpaired) electrons. The summed E-state index contributed by atoms with van der Waals surface area (Å²) in [4.78, 5) is 12.5. The van der Waals surface area contributed by atoms with Crippen molar-refractivity contribution in [1.29, 1.82) is 0 Å². The van der Waals surface area contributed by atoms with E-state index < -0.39 is 12.0 Å². The molecule has 0 aromatic rings. The Morgan fingerprint density at radius 3 is 2.57 bits per heavy atom. The molecule has 0 aromatic carbocycles. The first kappa shape index (κ1) is 13.4. The van der Waals surface area contributed by atoms with Crippen molar-refractivity contribution in [3.05, 3.63) is 0 Å². The van der Waals surface area contributed by atoms with Gasteiger partial charge in [0.05, 0.1) is 6.61 Å². The van der Waals surface area contributed by atoms with Gasteiger partial charge in [0.25, 0.3) is 0 Å². The summed E-state index contributed by atoms with van der Waals surface area (Å²) in [5.74, 6) is -0.965. The molecule has 0 bridgehead atoms. The Labute approximate surface area is 84.8 Å². The SMILES string of the molecule is CCN(CC(N)C(=O)O)C(C)COC. The van der Waals surface area contributed by atoms with Crippen molar-refractivity contribution in [2.75, 3.05) is 26.8 Å². The number of nitrogens with two attached hydrogens (primary N) is 1. The molecule has 0 spiro atoms. The zero-order valence-electron chi connectivity index (χ0n) is 9.06. The van der Waals surface area contributed by atoms with E-state index >= 15 is 0 Å². The normalized spacial score (nSPS) is 15.5. The van der Waals surface area contributed by atoms with Gasteiger partial charge in [0, 0.05) is 19.7 Å². The molecule has 0 amide bonds. The summed E-state index contributed by atoms with van der Waals surface area (Å²) >= 11 is 0. The number of methoxy groups -OCH3 is 1. The molecule has 0 saturated heterocycles. The average Bonchev–Trinajstić information content (AvgIpc) is 2.13. The highest BCUT2D eigenvalue weighted by Gasteiger charge is 2.19. The first-order valence-electron chi connectivity index (χ1n) is 4.74. The van der Waals surface area contributed by atoms with Crippen LogP contribution >= 0.6 is 0 Å². The summed E-state index contributed by atoms with van der Waals surface area (Å²) in [6.07, 6.45) is 0. The van der Waals surface area contributed by atoms with E-state index in [-0.39, 0.29) is 6.04 Å². The Hall–Kier alpha value is -0.650. The van der Waals surface area contributed by atoms with Crippen molar-refractivity contribution < 1.29 is 14.6 Å². The average molecular weight is 204 g/mol. The molecular formula is C9H20N2O3. The lowest BCUT2D eigenvalue weighted by Crippen LogP contribution is -2.47. The highest BCUT2D eigenvalue weighted by atomic mass is 16.5. The van der Waals surface area contributed by atoms with Gasteiger partial charge < -0.3 is 15.6 Å². The molecule has 2 unspecified atom stereocenters. The van der Waals surface area contributed by atoms with Crippen LogP contribution in [0.2, 0.25) is 0 Å². The summed E-state index contributed by atoms with van der Waals surface area (Å²) in [7, 11) is 1.63. The number of rotatable bonds is 7. The largest absolute Gasteiger partial charge is 0.480 e. The molecule has 5 heteroatoms. The number of carboxylic acid groups (broad SMARTS) is 1. The Balaban J connectivity index is 4.07. The van der Waals surface area contributed by atoms with Gasteiger partial charge in [-0.25, -0.2) is 0 Å². The van der Waals surface area contributed by atoms with Crippen molar-refractivity contribution in [3.8, 4) is 0 Å². The maximum absolute atomic E-state index is 10.5. The molecule has 5 nitrogen and oxygen atoms in total. The molecule has 0 aliphatic rings. The lowest BCUT2D eigenvalue weighted by molar-refractivity contribution is -0.139. The second-order valence-electron chi connectivity index (χ2n) is 3.34. The number of hydrogen-bond donors (Lipinski definition) is 2. The van der Waals surface area contributed by atoms with Crippen LogP contribution in [-0.4, -0.2) is 54.9 Å². The first-order chi connectivity index (χ1) is 6.52. The minimum atomic E-state index is -0.965. The summed E-state index contributed by atoms with van der Waals surface area (Å²) in [5.41, 5.74) is 5.44. The number of carbonyl (C=O) groups is 1. The van der Waals surface area contributed by atoms with E-state index in [1.807, 2.05) is 18.7 Å². The molecular weight excluding hydrogens is 184 g/mol. The molecule has 0 rings (SSSR count). The number of hydrogen-bond acceptors (Lipinski definition) is 4. The number of carboxylic acids is 1. The third kappa shape index (κ3) is 4.55.